The fraction of sp³-hybridized carbons (Fsp3) is 0.0909. The van der Waals surface area contributed by atoms with Crippen LogP contribution in [0.3, 0.4) is 0 Å². The van der Waals surface area contributed by atoms with Gasteiger partial charge in [-0.3, -0.25) is 0 Å². The molecular weight excluding hydrogens is 319 g/mol. The summed E-state index contributed by atoms with van der Waals surface area (Å²) in [6, 6.07) is 6.85. The van der Waals surface area contributed by atoms with Gasteiger partial charge in [-0.1, -0.05) is 0 Å². The van der Waals surface area contributed by atoms with E-state index in [1.54, 1.807) is 12.1 Å². The molecule has 0 aromatic heterocycles. The van der Waals surface area contributed by atoms with Gasteiger partial charge in [-0.2, -0.15) is 10.5 Å². The molecule has 5 heteroatoms. The zero-order chi connectivity index (χ0) is 12.1. The zero-order valence-electron chi connectivity index (χ0n) is 8.36. The third-order valence-corrected chi connectivity index (χ3v) is 2.71. The molecule has 0 aliphatic heterocycles. The first-order chi connectivity index (χ1) is 7.63. The van der Waals surface area contributed by atoms with Crippen LogP contribution < -0.4 is 4.74 Å². The molecule has 16 heavy (non-hydrogen) atoms. The molecule has 1 N–H and O–H groups in total. The molecule has 0 aliphatic carbocycles. The van der Waals surface area contributed by atoms with E-state index in [1.165, 1.54) is 13.2 Å². The van der Waals surface area contributed by atoms with E-state index >= 15 is 0 Å². The molecule has 0 saturated heterocycles. The maximum Gasteiger partial charge on any atom is 0.171 e. The molecule has 0 aliphatic rings. The number of phenols is 1. The summed E-state index contributed by atoms with van der Waals surface area (Å²) in [5, 5.41) is 27.0. The lowest BCUT2D eigenvalue weighted by molar-refractivity contribution is 0.371. The average molecular weight is 326 g/mol. The smallest absolute Gasteiger partial charge is 0.171 e. The second-order valence-electron chi connectivity index (χ2n) is 2.81. The van der Waals surface area contributed by atoms with Crippen molar-refractivity contribution < 1.29 is 9.84 Å². The predicted octanol–water partition coefficient (Wildman–Crippen LogP) is 2.44. The summed E-state index contributed by atoms with van der Waals surface area (Å²) >= 11 is 1.93. The van der Waals surface area contributed by atoms with Crippen molar-refractivity contribution in [1.29, 1.82) is 10.5 Å². The van der Waals surface area contributed by atoms with Gasteiger partial charge in [0.25, 0.3) is 0 Å². The van der Waals surface area contributed by atoms with Crippen LogP contribution in [0.15, 0.2) is 18.2 Å². The molecule has 1 aromatic carbocycles. The molecule has 1 aromatic rings. The van der Waals surface area contributed by atoms with Crippen LogP contribution in [0.2, 0.25) is 0 Å². The van der Waals surface area contributed by atoms with Crippen molar-refractivity contribution in [2.45, 2.75) is 0 Å². The Balaban J connectivity index is 3.39. The first-order valence-electron chi connectivity index (χ1n) is 4.20. The SMILES string of the molecule is COc1cc(/C(C#N)=C/C#N)cc(I)c1O. The van der Waals surface area contributed by atoms with Crippen LogP contribution in [0, 0.1) is 26.2 Å². The van der Waals surface area contributed by atoms with Crippen molar-refractivity contribution in [2.24, 2.45) is 0 Å². The largest absolute Gasteiger partial charge is 0.504 e. The highest BCUT2D eigenvalue weighted by Gasteiger charge is 2.10. The van der Waals surface area contributed by atoms with E-state index in [1.807, 2.05) is 28.7 Å². The molecule has 0 heterocycles. The lowest BCUT2D eigenvalue weighted by Crippen LogP contribution is -1.90. The monoisotopic (exact) mass is 326 g/mol. The maximum atomic E-state index is 9.61. The number of benzene rings is 1. The second-order valence-corrected chi connectivity index (χ2v) is 3.97. The molecule has 0 fully saturated rings. The molecule has 0 atom stereocenters. The fourth-order valence-electron chi connectivity index (χ4n) is 1.13. The van der Waals surface area contributed by atoms with E-state index < -0.39 is 0 Å². The van der Waals surface area contributed by atoms with Gasteiger partial charge in [0.1, 0.15) is 6.07 Å². The van der Waals surface area contributed by atoms with Gasteiger partial charge >= 0.3 is 0 Å². The number of nitriles is 2. The topological polar surface area (TPSA) is 77.0 Å². The number of ether oxygens (including phenoxy) is 1. The van der Waals surface area contributed by atoms with Gasteiger partial charge < -0.3 is 9.84 Å². The van der Waals surface area contributed by atoms with E-state index in [9.17, 15) is 5.11 Å². The Bertz CT molecular complexity index is 524. The number of phenolic OH excluding ortho intramolecular Hbond substituents is 1. The first kappa shape index (κ1) is 12.3. The highest BCUT2D eigenvalue weighted by atomic mass is 127. The molecular formula is C11H7IN2O2. The lowest BCUT2D eigenvalue weighted by atomic mass is 10.1. The van der Waals surface area contributed by atoms with Gasteiger partial charge in [-0.15, -0.1) is 0 Å². The number of halogens is 1. The summed E-state index contributed by atoms with van der Waals surface area (Å²) in [5.41, 5.74) is 0.779. The van der Waals surface area contributed by atoms with Crippen LogP contribution in [-0.4, -0.2) is 12.2 Å². The minimum atomic E-state index is 0.0288. The van der Waals surface area contributed by atoms with Gasteiger partial charge in [0.2, 0.25) is 0 Å². The standard InChI is InChI=1S/C11H7IN2O2/c1-16-10-5-8(4-9(12)11(10)15)7(6-14)2-3-13/h2,4-5,15H,1H3/b7-2+. The Morgan fingerprint density at radius 2 is 2.19 bits per heavy atom. The molecule has 0 bridgehead atoms. The van der Waals surface area contributed by atoms with E-state index in [-0.39, 0.29) is 17.1 Å². The summed E-state index contributed by atoms with van der Waals surface area (Å²) < 4.78 is 5.53. The number of aromatic hydroxyl groups is 1. The third-order valence-electron chi connectivity index (χ3n) is 1.89. The maximum absolute atomic E-state index is 9.61. The molecule has 0 spiro atoms. The number of hydrogen-bond acceptors (Lipinski definition) is 4. The van der Waals surface area contributed by atoms with E-state index in [2.05, 4.69) is 0 Å². The highest BCUT2D eigenvalue weighted by molar-refractivity contribution is 14.1. The van der Waals surface area contributed by atoms with E-state index in [4.69, 9.17) is 15.3 Å². The Morgan fingerprint density at radius 3 is 2.69 bits per heavy atom. The van der Waals surface area contributed by atoms with Gasteiger partial charge in [0, 0.05) is 6.08 Å². The van der Waals surface area contributed by atoms with Gasteiger partial charge in [0.05, 0.1) is 22.3 Å². The number of hydrogen-bond donors (Lipinski definition) is 1. The van der Waals surface area contributed by atoms with Crippen molar-refractivity contribution in [2.75, 3.05) is 7.11 Å². The van der Waals surface area contributed by atoms with Crippen molar-refractivity contribution in [3.05, 3.63) is 27.3 Å². The van der Waals surface area contributed by atoms with Crippen LogP contribution in [0.1, 0.15) is 5.56 Å². The van der Waals surface area contributed by atoms with Crippen LogP contribution in [0.5, 0.6) is 11.5 Å². The second kappa shape index (κ2) is 5.38. The van der Waals surface area contributed by atoms with Crippen molar-refractivity contribution in [3.63, 3.8) is 0 Å². The molecule has 1 rings (SSSR count). The van der Waals surface area contributed by atoms with Crippen LogP contribution >= 0.6 is 22.6 Å². The Kier molecular flexibility index (Phi) is 4.15. The highest BCUT2D eigenvalue weighted by Crippen LogP contribution is 2.34. The summed E-state index contributed by atoms with van der Waals surface area (Å²) in [7, 11) is 1.43. The Hall–Kier alpha value is -1.73. The molecule has 0 saturated carbocycles. The normalized spacial score (nSPS) is 10.4. The number of allylic oxidation sites excluding steroid dienone is 2. The summed E-state index contributed by atoms with van der Waals surface area (Å²) in [6.07, 6.45) is 1.15. The van der Waals surface area contributed by atoms with Crippen molar-refractivity contribution in [3.8, 4) is 23.6 Å². The van der Waals surface area contributed by atoms with Gasteiger partial charge in [-0.05, 0) is 40.3 Å². The Labute approximate surface area is 107 Å². The van der Waals surface area contributed by atoms with Crippen LogP contribution in [0.4, 0.5) is 0 Å². The summed E-state index contributed by atoms with van der Waals surface area (Å²) in [4.78, 5) is 0. The Morgan fingerprint density at radius 1 is 1.50 bits per heavy atom. The molecule has 80 valence electrons. The predicted molar refractivity (Wildman–Crippen MR) is 66.6 cm³/mol. The van der Waals surface area contributed by atoms with Crippen molar-refractivity contribution in [1.82, 2.24) is 0 Å². The van der Waals surface area contributed by atoms with Crippen LogP contribution in [-0.2, 0) is 0 Å². The number of methoxy groups -OCH3 is 1. The quantitative estimate of drug-likeness (QED) is 0.669. The van der Waals surface area contributed by atoms with Gasteiger partial charge in [-0.25, -0.2) is 0 Å². The van der Waals surface area contributed by atoms with E-state index in [0.717, 1.165) is 6.08 Å². The average Bonchev–Trinajstić information content (AvgIpc) is 2.29. The minimum Gasteiger partial charge on any atom is -0.504 e. The lowest BCUT2D eigenvalue weighted by Gasteiger charge is -2.07. The zero-order valence-corrected chi connectivity index (χ0v) is 10.5. The molecule has 0 amide bonds. The summed E-state index contributed by atoms with van der Waals surface area (Å²) in [6.45, 7) is 0. The minimum absolute atomic E-state index is 0.0288. The molecule has 0 unspecified atom stereocenters. The number of nitrogens with zero attached hydrogens (tertiary/aromatic N) is 2. The van der Waals surface area contributed by atoms with Crippen molar-refractivity contribution >= 4 is 28.2 Å². The summed E-state index contributed by atoms with van der Waals surface area (Å²) in [5.74, 6) is 0.307. The molecule has 4 nitrogen and oxygen atoms in total. The molecule has 0 radical (unpaired) electrons. The van der Waals surface area contributed by atoms with E-state index in [0.29, 0.717) is 9.13 Å². The third kappa shape index (κ3) is 2.44. The number of rotatable bonds is 2. The van der Waals surface area contributed by atoms with Gasteiger partial charge in [0.15, 0.2) is 11.5 Å². The fourth-order valence-corrected chi connectivity index (χ4v) is 1.73. The van der Waals surface area contributed by atoms with Crippen LogP contribution in [0.25, 0.3) is 5.57 Å². The first-order valence-corrected chi connectivity index (χ1v) is 5.28.